The van der Waals surface area contributed by atoms with Gasteiger partial charge in [-0.2, -0.15) is 0 Å². The highest BCUT2D eigenvalue weighted by molar-refractivity contribution is 6.51. The van der Waals surface area contributed by atoms with Gasteiger partial charge < -0.3 is 14.6 Å². The molecule has 0 bridgehead atoms. The number of hydrogen-bond donors (Lipinski definition) is 1. The van der Waals surface area contributed by atoms with Gasteiger partial charge in [0.15, 0.2) is 0 Å². The van der Waals surface area contributed by atoms with Gasteiger partial charge in [0.1, 0.15) is 17.3 Å². The number of aliphatic hydroxyl groups is 1. The summed E-state index contributed by atoms with van der Waals surface area (Å²) in [6.07, 6.45) is 0. The molecule has 35 heavy (non-hydrogen) atoms. The molecule has 0 spiro atoms. The van der Waals surface area contributed by atoms with Crippen molar-refractivity contribution in [2.24, 2.45) is 0 Å². The van der Waals surface area contributed by atoms with Crippen molar-refractivity contribution in [2.45, 2.75) is 26.8 Å². The number of benzene rings is 3. The lowest BCUT2D eigenvalue weighted by Gasteiger charge is -2.26. The number of carbonyl (C=O) groups is 2. The number of rotatable bonds is 6. The molecule has 6 nitrogen and oxygen atoms in total. The van der Waals surface area contributed by atoms with Crippen LogP contribution in [0.25, 0.3) is 5.76 Å². The highest BCUT2D eigenvalue weighted by atomic mass is 35.5. The molecule has 0 saturated carbocycles. The molecule has 1 amide bonds. The molecule has 0 radical (unpaired) electrons. The van der Waals surface area contributed by atoms with Crippen molar-refractivity contribution in [1.82, 2.24) is 0 Å². The second-order valence-electron chi connectivity index (χ2n) is 8.29. The predicted octanol–water partition coefficient (Wildman–Crippen LogP) is 5.99. The standard InChI is InChI=1S/C28H26ClNO5/c1-5-35-21-11-9-18(10-12-21)25-24(26(31)22-13-17(3)23(34-4)14-16(22)2)27(32)28(33)30(25)20-8-6-7-19(29)15-20/h6-15,25,31H,5H2,1-4H3/b26-24+. The maximum Gasteiger partial charge on any atom is 0.300 e. The van der Waals surface area contributed by atoms with E-state index in [9.17, 15) is 14.7 Å². The van der Waals surface area contributed by atoms with Gasteiger partial charge in [-0.05, 0) is 79.9 Å². The van der Waals surface area contributed by atoms with Gasteiger partial charge in [0.05, 0.1) is 25.3 Å². The Bertz CT molecular complexity index is 1330. The van der Waals surface area contributed by atoms with E-state index in [0.29, 0.717) is 45.5 Å². The summed E-state index contributed by atoms with van der Waals surface area (Å²) in [6.45, 7) is 6.07. The number of ketones is 1. The second-order valence-corrected chi connectivity index (χ2v) is 8.72. The van der Waals surface area contributed by atoms with E-state index in [1.54, 1.807) is 67.8 Å². The molecule has 180 valence electrons. The Morgan fingerprint density at radius 3 is 2.37 bits per heavy atom. The van der Waals surface area contributed by atoms with E-state index in [0.717, 1.165) is 5.56 Å². The molecule has 1 N–H and O–H groups in total. The summed E-state index contributed by atoms with van der Waals surface area (Å²) in [5, 5.41) is 11.9. The predicted molar refractivity (Wildman–Crippen MR) is 136 cm³/mol. The number of halogens is 1. The average Bonchev–Trinajstić information content (AvgIpc) is 3.11. The third-order valence-electron chi connectivity index (χ3n) is 6.03. The number of aliphatic hydroxyl groups excluding tert-OH is 1. The van der Waals surface area contributed by atoms with E-state index in [1.165, 1.54) is 4.90 Å². The molecular formula is C28H26ClNO5. The third kappa shape index (κ3) is 4.49. The van der Waals surface area contributed by atoms with E-state index in [2.05, 4.69) is 0 Å². The van der Waals surface area contributed by atoms with Gasteiger partial charge in [0, 0.05) is 16.3 Å². The lowest BCUT2D eigenvalue weighted by atomic mass is 9.93. The Balaban J connectivity index is 1.94. The molecule has 1 unspecified atom stereocenters. The molecule has 1 heterocycles. The molecule has 0 aliphatic carbocycles. The topological polar surface area (TPSA) is 76.1 Å². The maximum atomic E-state index is 13.4. The van der Waals surface area contributed by atoms with Crippen molar-refractivity contribution in [3.8, 4) is 11.5 Å². The summed E-state index contributed by atoms with van der Waals surface area (Å²) < 4.78 is 10.9. The Morgan fingerprint density at radius 1 is 1.03 bits per heavy atom. The number of methoxy groups -OCH3 is 1. The summed E-state index contributed by atoms with van der Waals surface area (Å²) in [5.41, 5.74) is 3.08. The van der Waals surface area contributed by atoms with Gasteiger partial charge in [-0.1, -0.05) is 29.8 Å². The first-order chi connectivity index (χ1) is 16.8. The number of aryl methyl sites for hydroxylation is 2. The summed E-state index contributed by atoms with van der Waals surface area (Å²) in [4.78, 5) is 28.1. The number of carbonyl (C=O) groups excluding carboxylic acids is 2. The van der Waals surface area contributed by atoms with Crippen LogP contribution < -0.4 is 14.4 Å². The van der Waals surface area contributed by atoms with Crippen molar-refractivity contribution >= 4 is 34.7 Å². The van der Waals surface area contributed by atoms with Crippen LogP contribution in [0.1, 0.15) is 35.2 Å². The Morgan fingerprint density at radius 2 is 1.74 bits per heavy atom. The third-order valence-corrected chi connectivity index (χ3v) is 6.27. The van der Waals surface area contributed by atoms with Crippen molar-refractivity contribution in [3.05, 3.63) is 93.5 Å². The molecule has 3 aromatic rings. The zero-order valence-electron chi connectivity index (χ0n) is 20.0. The Labute approximate surface area is 209 Å². The first-order valence-corrected chi connectivity index (χ1v) is 11.6. The van der Waals surface area contributed by atoms with Gasteiger partial charge in [0.25, 0.3) is 11.7 Å². The molecular weight excluding hydrogens is 466 g/mol. The van der Waals surface area contributed by atoms with Crippen molar-refractivity contribution < 1.29 is 24.2 Å². The lowest BCUT2D eigenvalue weighted by molar-refractivity contribution is -0.132. The van der Waals surface area contributed by atoms with E-state index in [-0.39, 0.29) is 11.3 Å². The second kappa shape index (κ2) is 9.84. The minimum absolute atomic E-state index is 0.00630. The highest BCUT2D eigenvalue weighted by Gasteiger charge is 2.47. The van der Waals surface area contributed by atoms with Crippen LogP contribution in [0.15, 0.2) is 66.2 Å². The number of hydrogen-bond acceptors (Lipinski definition) is 5. The summed E-state index contributed by atoms with van der Waals surface area (Å²) >= 11 is 6.21. The molecule has 1 aliphatic heterocycles. The number of nitrogens with zero attached hydrogens (tertiary/aromatic N) is 1. The zero-order chi connectivity index (χ0) is 25.3. The van der Waals surface area contributed by atoms with Gasteiger partial charge in [-0.25, -0.2) is 0 Å². The summed E-state index contributed by atoms with van der Waals surface area (Å²) in [7, 11) is 1.57. The van der Waals surface area contributed by atoms with E-state index >= 15 is 0 Å². The molecule has 7 heteroatoms. The summed E-state index contributed by atoms with van der Waals surface area (Å²) in [6, 6.07) is 16.6. The van der Waals surface area contributed by atoms with Crippen molar-refractivity contribution in [1.29, 1.82) is 0 Å². The Hall–Kier alpha value is -3.77. The molecule has 1 saturated heterocycles. The normalized spacial score (nSPS) is 17.1. The van der Waals surface area contributed by atoms with Gasteiger partial charge in [-0.15, -0.1) is 0 Å². The van der Waals surface area contributed by atoms with Gasteiger partial charge >= 0.3 is 0 Å². The van der Waals surface area contributed by atoms with E-state index in [1.807, 2.05) is 20.8 Å². The number of ether oxygens (including phenoxy) is 2. The quantitative estimate of drug-likeness (QED) is 0.260. The van der Waals surface area contributed by atoms with Crippen LogP contribution in [0.5, 0.6) is 11.5 Å². The smallest absolute Gasteiger partial charge is 0.300 e. The molecule has 3 aromatic carbocycles. The SMILES string of the molecule is CCOc1ccc(C2/C(=C(\O)c3cc(C)c(OC)cc3C)C(=O)C(=O)N2c2cccc(Cl)c2)cc1. The molecule has 4 rings (SSSR count). The number of amides is 1. The van der Waals surface area contributed by atoms with E-state index < -0.39 is 17.7 Å². The fourth-order valence-corrected chi connectivity index (χ4v) is 4.55. The number of Topliss-reactive ketones (excluding diaryl/α,β-unsaturated/α-hetero) is 1. The van der Waals surface area contributed by atoms with Crippen LogP contribution in [-0.2, 0) is 9.59 Å². The van der Waals surface area contributed by atoms with E-state index in [4.69, 9.17) is 21.1 Å². The van der Waals surface area contributed by atoms with Gasteiger partial charge in [-0.3, -0.25) is 14.5 Å². The van der Waals surface area contributed by atoms with Crippen LogP contribution in [0.4, 0.5) is 5.69 Å². The Kier molecular flexibility index (Phi) is 6.85. The fourth-order valence-electron chi connectivity index (χ4n) is 4.36. The van der Waals surface area contributed by atoms with Crippen LogP contribution in [0, 0.1) is 13.8 Å². The minimum Gasteiger partial charge on any atom is -0.507 e. The van der Waals surface area contributed by atoms with Crippen molar-refractivity contribution in [2.75, 3.05) is 18.6 Å². The van der Waals surface area contributed by atoms with Crippen LogP contribution in [-0.4, -0.2) is 30.5 Å². The largest absolute Gasteiger partial charge is 0.507 e. The fraction of sp³-hybridized carbons (Fsp3) is 0.214. The molecule has 1 fully saturated rings. The highest BCUT2D eigenvalue weighted by Crippen LogP contribution is 2.43. The number of anilines is 1. The summed E-state index contributed by atoms with van der Waals surface area (Å²) in [5.74, 6) is -0.418. The van der Waals surface area contributed by atoms with Crippen molar-refractivity contribution in [3.63, 3.8) is 0 Å². The monoisotopic (exact) mass is 491 g/mol. The van der Waals surface area contributed by atoms with Crippen LogP contribution in [0.3, 0.4) is 0 Å². The molecule has 0 aromatic heterocycles. The minimum atomic E-state index is -0.856. The zero-order valence-corrected chi connectivity index (χ0v) is 20.7. The first kappa shape index (κ1) is 24.4. The molecule has 1 aliphatic rings. The first-order valence-electron chi connectivity index (χ1n) is 11.2. The average molecular weight is 492 g/mol. The van der Waals surface area contributed by atoms with Crippen LogP contribution in [0.2, 0.25) is 5.02 Å². The lowest BCUT2D eigenvalue weighted by Crippen LogP contribution is -2.29. The maximum absolute atomic E-state index is 13.4. The molecule has 1 atom stereocenters. The van der Waals surface area contributed by atoms with Crippen LogP contribution >= 0.6 is 11.6 Å². The van der Waals surface area contributed by atoms with Gasteiger partial charge in [0.2, 0.25) is 0 Å².